The minimum atomic E-state index is -1.07. The first-order valence-electron chi connectivity index (χ1n) is 7.60. The van der Waals surface area contributed by atoms with Gasteiger partial charge in [0.05, 0.1) is 23.9 Å². The van der Waals surface area contributed by atoms with Crippen molar-refractivity contribution in [3.63, 3.8) is 0 Å². The van der Waals surface area contributed by atoms with E-state index in [2.05, 4.69) is 0 Å². The lowest BCUT2D eigenvalue weighted by atomic mass is 9.82. The number of carbonyl (C=O) groups is 2. The molecular formula is C15H21N3O4. The molecule has 1 unspecified atom stereocenters. The number of likely N-dealkylation sites (tertiary alicyclic amines) is 1. The summed E-state index contributed by atoms with van der Waals surface area (Å²) < 4.78 is 0. The highest BCUT2D eigenvalue weighted by molar-refractivity contribution is 5.99. The second-order valence-corrected chi connectivity index (χ2v) is 6.44. The normalized spacial score (nSPS) is 32.1. The van der Waals surface area contributed by atoms with Gasteiger partial charge in [0.2, 0.25) is 5.91 Å². The summed E-state index contributed by atoms with van der Waals surface area (Å²) in [5, 5.41) is 26.9. The average Bonchev–Trinajstić information content (AvgIpc) is 2.99. The van der Waals surface area contributed by atoms with Gasteiger partial charge in [-0.1, -0.05) is 0 Å². The lowest BCUT2D eigenvalue weighted by Gasteiger charge is -2.44. The van der Waals surface area contributed by atoms with E-state index in [1.807, 2.05) is 4.90 Å². The molecule has 2 fully saturated rings. The molecule has 22 heavy (non-hydrogen) atoms. The van der Waals surface area contributed by atoms with Crippen molar-refractivity contribution in [3.8, 4) is 0 Å². The first kappa shape index (κ1) is 15.0. The van der Waals surface area contributed by atoms with Crippen LogP contribution in [0.3, 0.4) is 0 Å². The van der Waals surface area contributed by atoms with E-state index in [0.717, 1.165) is 18.5 Å². The number of carboxylic acids is 1. The Bertz CT molecular complexity index is 583. The van der Waals surface area contributed by atoms with Crippen LogP contribution in [0.5, 0.6) is 0 Å². The summed E-state index contributed by atoms with van der Waals surface area (Å²) in [6.45, 7) is 4.68. The summed E-state index contributed by atoms with van der Waals surface area (Å²) in [6.07, 6.45) is 0.571. The average molecular weight is 307 g/mol. The molecule has 4 atom stereocenters. The van der Waals surface area contributed by atoms with E-state index in [1.165, 1.54) is 4.90 Å². The van der Waals surface area contributed by atoms with E-state index in [1.54, 1.807) is 13.8 Å². The van der Waals surface area contributed by atoms with E-state index in [0.29, 0.717) is 18.8 Å². The van der Waals surface area contributed by atoms with Gasteiger partial charge < -0.3 is 20.0 Å². The van der Waals surface area contributed by atoms with Gasteiger partial charge in [0.25, 0.3) is 0 Å². The summed E-state index contributed by atoms with van der Waals surface area (Å²) in [5.41, 5.74) is 0.916. The Morgan fingerprint density at radius 3 is 2.64 bits per heavy atom. The van der Waals surface area contributed by atoms with Crippen molar-refractivity contribution < 1.29 is 19.8 Å². The molecule has 0 aromatic heterocycles. The molecule has 3 heterocycles. The number of rotatable bonds is 3. The van der Waals surface area contributed by atoms with E-state index >= 15 is 0 Å². The molecule has 0 saturated carbocycles. The minimum Gasteiger partial charge on any atom is -0.477 e. The number of hydrogen-bond donors (Lipinski definition) is 3. The third kappa shape index (κ3) is 2.03. The molecule has 0 aliphatic carbocycles. The predicted molar refractivity (Wildman–Crippen MR) is 78.2 cm³/mol. The molecule has 0 aromatic carbocycles. The molecule has 3 rings (SSSR count). The zero-order valence-corrected chi connectivity index (χ0v) is 12.7. The van der Waals surface area contributed by atoms with Gasteiger partial charge in [0.15, 0.2) is 0 Å². The quantitative estimate of drug-likeness (QED) is 0.394. The fraction of sp³-hybridized carbons (Fsp3) is 0.667. The molecule has 3 aliphatic rings. The number of hydrogen-bond acceptors (Lipinski definition) is 4. The first-order valence-corrected chi connectivity index (χ1v) is 7.60. The molecule has 120 valence electrons. The Hall–Kier alpha value is -1.89. The van der Waals surface area contributed by atoms with Crippen LogP contribution < -0.4 is 0 Å². The molecule has 0 spiro atoms. The largest absolute Gasteiger partial charge is 0.477 e. The number of β-lactam (4-membered cyclic amide) rings is 1. The number of aliphatic carboxylic acids is 1. The third-order valence-corrected chi connectivity index (χ3v) is 5.12. The van der Waals surface area contributed by atoms with Crippen molar-refractivity contribution in [2.24, 2.45) is 11.8 Å². The van der Waals surface area contributed by atoms with E-state index in [9.17, 15) is 19.8 Å². The molecule has 1 amide bonds. The Labute approximate surface area is 128 Å². The predicted octanol–water partition coefficient (Wildman–Crippen LogP) is 0.256. The number of aliphatic hydroxyl groups excluding tert-OH is 1. The highest BCUT2D eigenvalue weighted by atomic mass is 16.4. The smallest absolute Gasteiger partial charge is 0.352 e. The molecular weight excluding hydrogens is 286 g/mol. The highest BCUT2D eigenvalue weighted by Crippen LogP contribution is 2.47. The van der Waals surface area contributed by atoms with Crippen LogP contribution in [0.2, 0.25) is 0 Å². The number of carboxylic acid groups (broad SMARTS) is 1. The van der Waals surface area contributed by atoms with Gasteiger partial charge in [0.1, 0.15) is 5.70 Å². The van der Waals surface area contributed by atoms with Crippen LogP contribution in [0.15, 0.2) is 11.3 Å². The summed E-state index contributed by atoms with van der Waals surface area (Å²) >= 11 is 0. The molecule has 0 aromatic rings. The van der Waals surface area contributed by atoms with Crippen molar-refractivity contribution in [2.75, 3.05) is 13.1 Å². The van der Waals surface area contributed by atoms with Crippen molar-refractivity contribution >= 4 is 17.7 Å². The molecule has 7 nitrogen and oxygen atoms in total. The maximum Gasteiger partial charge on any atom is 0.352 e. The van der Waals surface area contributed by atoms with Gasteiger partial charge in [-0.25, -0.2) is 4.79 Å². The number of fused-ring (bicyclic) bond motifs is 1. The lowest BCUT2D eigenvalue weighted by molar-refractivity contribution is -0.161. The number of nitrogens with zero attached hydrogens (tertiary/aromatic N) is 2. The lowest BCUT2D eigenvalue weighted by Crippen LogP contribution is -2.61. The number of carbonyl (C=O) groups excluding carboxylic acids is 1. The van der Waals surface area contributed by atoms with Gasteiger partial charge in [0, 0.05) is 19.0 Å². The zero-order chi connectivity index (χ0) is 16.2. The second kappa shape index (κ2) is 5.08. The fourth-order valence-corrected chi connectivity index (χ4v) is 4.02. The molecule has 0 radical (unpaired) electrons. The zero-order valence-electron chi connectivity index (χ0n) is 12.7. The summed E-state index contributed by atoms with van der Waals surface area (Å²) in [4.78, 5) is 27.1. The van der Waals surface area contributed by atoms with Gasteiger partial charge in [-0.2, -0.15) is 0 Å². The van der Waals surface area contributed by atoms with Crippen molar-refractivity contribution in [2.45, 2.75) is 38.8 Å². The Kier molecular flexibility index (Phi) is 3.47. The van der Waals surface area contributed by atoms with Crippen LogP contribution in [-0.2, 0) is 9.59 Å². The number of amides is 1. The molecule has 0 bridgehead atoms. The van der Waals surface area contributed by atoms with Gasteiger partial charge in [-0.05, 0) is 32.3 Å². The fourth-order valence-electron chi connectivity index (χ4n) is 4.02. The van der Waals surface area contributed by atoms with Crippen LogP contribution in [0.1, 0.15) is 26.7 Å². The third-order valence-electron chi connectivity index (χ3n) is 5.12. The van der Waals surface area contributed by atoms with E-state index < -0.39 is 18.0 Å². The Morgan fingerprint density at radius 1 is 1.45 bits per heavy atom. The monoisotopic (exact) mass is 307 g/mol. The highest BCUT2D eigenvalue weighted by Gasteiger charge is 2.57. The maximum absolute atomic E-state index is 12.2. The van der Waals surface area contributed by atoms with Crippen molar-refractivity contribution in [1.82, 2.24) is 9.80 Å². The molecule has 3 aliphatic heterocycles. The van der Waals surface area contributed by atoms with Crippen molar-refractivity contribution in [1.29, 1.82) is 5.41 Å². The Morgan fingerprint density at radius 2 is 2.14 bits per heavy atom. The standard InChI is InChI=1S/C15H21N3O4/c1-7(19)12-11-5-10(9-3-4-17(6-9)8(2)16)13(15(21)22)18(11)14(12)20/h7,9,11-12,16,19H,3-6H2,1-2H3,(H,21,22)/t7-,9?,11-,12-/m1/s1. The van der Waals surface area contributed by atoms with Crippen LogP contribution in [0, 0.1) is 17.2 Å². The maximum atomic E-state index is 12.2. The van der Waals surface area contributed by atoms with Crippen LogP contribution in [0.25, 0.3) is 0 Å². The Balaban J connectivity index is 1.86. The summed E-state index contributed by atoms with van der Waals surface area (Å²) in [7, 11) is 0. The molecule has 2 saturated heterocycles. The topological polar surface area (TPSA) is 105 Å². The second-order valence-electron chi connectivity index (χ2n) is 6.44. The van der Waals surface area contributed by atoms with Gasteiger partial charge in [-0.15, -0.1) is 0 Å². The van der Waals surface area contributed by atoms with Gasteiger partial charge in [-0.3, -0.25) is 10.2 Å². The van der Waals surface area contributed by atoms with Crippen molar-refractivity contribution in [3.05, 3.63) is 11.3 Å². The SMILES string of the molecule is CC(=N)N1CCC(C2=C(C(=O)O)N3C(=O)[C@H]([C@@H](C)O)[C@H]3C2)C1. The first-order chi connectivity index (χ1) is 10.3. The molecule has 3 N–H and O–H groups in total. The van der Waals surface area contributed by atoms with Crippen LogP contribution >= 0.6 is 0 Å². The summed E-state index contributed by atoms with van der Waals surface area (Å²) in [6, 6.07) is -0.219. The van der Waals surface area contributed by atoms with E-state index in [4.69, 9.17) is 5.41 Å². The summed E-state index contributed by atoms with van der Waals surface area (Å²) in [5.74, 6) is -1.29. The minimum absolute atomic E-state index is 0.0689. The molecule has 7 heteroatoms. The van der Waals surface area contributed by atoms with Crippen LogP contribution in [0.4, 0.5) is 0 Å². The number of amidine groups is 1. The van der Waals surface area contributed by atoms with E-state index in [-0.39, 0.29) is 23.6 Å². The number of aliphatic hydroxyl groups is 1. The van der Waals surface area contributed by atoms with Crippen LogP contribution in [-0.4, -0.2) is 63.0 Å². The van der Waals surface area contributed by atoms with Gasteiger partial charge >= 0.3 is 5.97 Å². The number of nitrogens with one attached hydrogen (secondary N) is 1.